The Morgan fingerprint density at radius 1 is 1.18 bits per heavy atom. The summed E-state index contributed by atoms with van der Waals surface area (Å²) in [5.41, 5.74) is 6.13. The molecule has 0 heterocycles. The second-order valence-electron chi connectivity index (χ2n) is 3.71. The monoisotopic (exact) mass is 234 g/mol. The molecule has 92 valence electrons. The van der Waals surface area contributed by atoms with Crippen LogP contribution in [0.4, 0.5) is 0 Å². The molecule has 0 aliphatic carbocycles. The Morgan fingerprint density at radius 3 is 2.47 bits per heavy atom. The summed E-state index contributed by atoms with van der Waals surface area (Å²) in [6, 6.07) is 9.61. The molecule has 0 aromatic heterocycles. The van der Waals surface area contributed by atoms with E-state index in [9.17, 15) is 4.79 Å². The zero-order chi connectivity index (χ0) is 12.5. The molecule has 5 heteroatoms. The lowest BCUT2D eigenvalue weighted by Gasteiger charge is -2.06. The lowest BCUT2D eigenvalue weighted by atomic mass is 10.1. The molecule has 5 nitrogen and oxygen atoms in total. The normalized spacial score (nSPS) is 9.65. The number of amides is 1. The highest BCUT2D eigenvalue weighted by Crippen LogP contribution is 1.98. The lowest BCUT2D eigenvalue weighted by molar-refractivity contribution is -0.120. The van der Waals surface area contributed by atoms with E-state index >= 15 is 0 Å². The molecule has 0 unspecified atom stereocenters. The maximum Gasteiger partial charge on any atom is 0.224 e. The summed E-state index contributed by atoms with van der Waals surface area (Å²) in [5, 5.41) is 12.4. The van der Waals surface area contributed by atoms with Crippen molar-refractivity contribution in [3.05, 3.63) is 35.9 Å². The first-order valence-corrected chi connectivity index (χ1v) is 5.57. The predicted octanol–water partition coefficient (Wildman–Crippen LogP) is 0.218. The van der Waals surface area contributed by atoms with Crippen molar-refractivity contribution in [2.45, 2.75) is 12.8 Å². The minimum Gasteiger partial charge on any atom is -0.370 e. The third-order valence-electron chi connectivity index (χ3n) is 2.20. The van der Waals surface area contributed by atoms with Gasteiger partial charge in [0.2, 0.25) is 5.91 Å². The first-order chi connectivity index (χ1) is 8.18. The van der Waals surface area contributed by atoms with Crippen molar-refractivity contribution in [1.82, 2.24) is 10.6 Å². The number of benzene rings is 1. The average Bonchev–Trinajstić information content (AvgIpc) is 2.29. The Hall–Kier alpha value is -2.04. The van der Waals surface area contributed by atoms with Gasteiger partial charge in [-0.05, 0) is 12.0 Å². The van der Waals surface area contributed by atoms with Crippen LogP contribution in [0.3, 0.4) is 0 Å². The molecule has 0 aliphatic rings. The molecule has 0 radical (unpaired) electrons. The summed E-state index contributed by atoms with van der Waals surface area (Å²) in [4.78, 5) is 11.5. The molecular weight excluding hydrogens is 216 g/mol. The van der Waals surface area contributed by atoms with Crippen LogP contribution in [0.2, 0.25) is 0 Å². The number of rotatable bonds is 6. The van der Waals surface area contributed by atoms with Crippen LogP contribution in [0.5, 0.6) is 0 Å². The number of guanidine groups is 1. The molecule has 17 heavy (non-hydrogen) atoms. The molecule has 0 bridgehead atoms. The van der Waals surface area contributed by atoms with Gasteiger partial charge < -0.3 is 16.4 Å². The number of carbonyl (C=O) groups excluding carboxylic acids is 1. The van der Waals surface area contributed by atoms with E-state index in [1.807, 2.05) is 30.3 Å². The van der Waals surface area contributed by atoms with Gasteiger partial charge in [0.25, 0.3) is 0 Å². The predicted molar refractivity (Wildman–Crippen MR) is 67.7 cm³/mol. The molecule has 0 fully saturated rings. The fraction of sp³-hybridized carbons (Fsp3) is 0.333. The zero-order valence-electron chi connectivity index (χ0n) is 9.70. The second kappa shape index (κ2) is 7.27. The van der Waals surface area contributed by atoms with Crippen LogP contribution < -0.4 is 16.4 Å². The van der Waals surface area contributed by atoms with Gasteiger partial charge in [0.05, 0.1) is 6.42 Å². The highest BCUT2D eigenvalue weighted by molar-refractivity contribution is 5.78. The topological polar surface area (TPSA) is 91.0 Å². The van der Waals surface area contributed by atoms with Crippen LogP contribution in [0, 0.1) is 5.41 Å². The van der Waals surface area contributed by atoms with Crippen molar-refractivity contribution in [3.63, 3.8) is 0 Å². The number of hydrogen-bond donors (Lipinski definition) is 4. The molecule has 1 rings (SSSR count). The molecule has 1 amide bonds. The van der Waals surface area contributed by atoms with E-state index < -0.39 is 0 Å². The maximum atomic E-state index is 11.5. The van der Waals surface area contributed by atoms with Crippen LogP contribution in [-0.2, 0) is 11.2 Å². The zero-order valence-corrected chi connectivity index (χ0v) is 9.70. The van der Waals surface area contributed by atoms with Gasteiger partial charge in [-0.1, -0.05) is 30.3 Å². The molecule has 0 aliphatic heterocycles. The van der Waals surface area contributed by atoms with Gasteiger partial charge in [0.1, 0.15) is 0 Å². The summed E-state index contributed by atoms with van der Waals surface area (Å²) < 4.78 is 0. The Bertz CT molecular complexity index is 364. The first kappa shape index (κ1) is 13.0. The molecule has 0 atom stereocenters. The van der Waals surface area contributed by atoms with E-state index in [-0.39, 0.29) is 11.9 Å². The molecule has 5 N–H and O–H groups in total. The maximum absolute atomic E-state index is 11.5. The Kier molecular flexibility index (Phi) is 5.57. The van der Waals surface area contributed by atoms with E-state index in [0.29, 0.717) is 19.5 Å². The Morgan fingerprint density at radius 2 is 1.82 bits per heavy atom. The number of nitrogens with two attached hydrogens (primary N) is 1. The van der Waals surface area contributed by atoms with Gasteiger partial charge in [-0.15, -0.1) is 0 Å². The van der Waals surface area contributed by atoms with Gasteiger partial charge in [-0.25, -0.2) is 0 Å². The second-order valence-corrected chi connectivity index (χ2v) is 3.71. The average molecular weight is 234 g/mol. The summed E-state index contributed by atoms with van der Waals surface area (Å²) in [7, 11) is 0. The van der Waals surface area contributed by atoms with Crippen molar-refractivity contribution in [2.75, 3.05) is 13.1 Å². The van der Waals surface area contributed by atoms with Crippen LogP contribution in [0.1, 0.15) is 12.0 Å². The lowest BCUT2D eigenvalue weighted by Crippen LogP contribution is -2.33. The number of hydrogen-bond acceptors (Lipinski definition) is 2. The van der Waals surface area contributed by atoms with E-state index in [1.165, 1.54) is 0 Å². The molecule has 1 aromatic carbocycles. The summed E-state index contributed by atoms with van der Waals surface area (Å²) in [6.07, 6.45) is 1.15. The van der Waals surface area contributed by atoms with Crippen molar-refractivity contribution in [3.8, 4) is 0 Å². The van der Waals surface area contributed by atoms with E-state index in [0.717, 1.165) is 12.0 Å². The highest BCUT2D eigenvalue weighted by Gasteiger charge is 2.01. The van der Waals surface area contributed by atoms with Crippen LogP contribution in [-0.4, -0.2) is 25.0 Å². The van der Waals surface area contributed by atoms with Crippen molar-refractivity contribution < 1.29 is 4.79 Å². The minimum atomic E-state index is -0.0411. The number of carbonyl (C=O) groups is 1. The standard InChI is InChI=1S/C12H18N4O/c13-12(14)16-8-4-7-15-11(17)9-10-5-2-1-3-6-10/h1-3,5-6H,4,7-9H2,(H,15,17)(H4,13,14,16). The van der Waals surface area contributed by atoms with Gasteiger partial charge in [-0.3, -0.25) is 10.2 Å². The van der Waals surface area contributed by atoms with Crippen molar-refractivity contribution in [1.29, 1.82) is 5.41 Å². The van der Waals surface area contributed by atoms with Crippen LogP contribution >= 0.6 is 0 Å². The third kappa shape index (κ3) is 6.19. The Balaban J connectivity index is 2.12. The minimum absolute atomic E-state index is 0.0130. The fourth-order valence-corrected chi connectivity index (χ4v) is 1.38. The largest absolute Gasteiger partial charge is 0.370 e. The van der Waals surface area contributed by atoms with E-state index in [4.69, 9.17) is 11.1 Å². The summed E-state index contributed by atoms with van der Waals surface area (Å²) in [5.74, 6) is -0.0281. The third-order valence-corrected chi connectivity index (χ3v) is 2.20. The first-order valence-electron chi connectivity index (χ1n) is 5.57. The highest BCUT2D eigenvalue weighted by atomic mass is 16.1. The quantitative estimate of drug-likeness (QED) is 0.322. The molecule has 0 spiro atoms. The fourth-order valence-electron chi connectivity index (χ4n) is 1.38. The van der Waals surface area contributed by atoms with Crippen LogP contribution in [0.15, 0.2) is 30.3 Å². The molecule has 1 aromatic rings. The smallest absolute Gasteiger partial charge is 0.224 e. The van der Waals surface area contributed by atoms with E-state index in [1.54, 1.807) is 0 Å². The van der Waals surface area contributed by atoms with Gasteiger partial charge in [0, 0.05) is 13.1 Å². The number of nitrogens with one attached hydrogen (secondary N) is 3. The summed E-state index contributed by atoms with van der Waals surface area (Å²) >= 11 is 0. The van der Waals surface area contributed by atoms with Crippen LogP contribution in [0.25, 0.3) is 0 Å². The molecule has 0 saturated carbocycles. The van der Waals surface area contributed by atoms with E-state index in [2.05, 4.69) is 10.6 Å². The van der Waals surface area contributed by atoms with Crippen molar-refractivity contribution >= 4 is 11.9 Å². The van der Waals surface area contributed by atoms with Gasteiger partial charge in [-0.2, -0.15) is 0 Å². The van der Waals surface area contributed by atoms with Gasteiger partial charge >= 0.3 is 0 Å². The SMILES string of the molecule is N=C(N)NCCCNC(=O)Cc1ccccc1. The van der Waals surface area contributed by atoms with Crippen molar-refractivity contribution in [2.24, 2.45) is 5.73 Å². The molecule has 0 saturated heterocycles. The van der Waals surface area contributed by atoms with Gasteiger partial charge in [0.15, 0.2) is 5.96 Å². The summed E-state index contributed by atoms with van der Waals surface area (Å²) in [6.45, 7) is 1.19. The Labute approximate surface area is 101 Å². The molecular formula is C12H18N4O.